The zero-order valence-electron chi connectivity index (χ0n) is 11.6. The van der Waals surface area contributed by atoms with E-state index in [4.69, 9.17) is 0 Å². The molecule has 0 N–H and O–H groups in total. The molecule has 1 aromatic rings. The van der Waals surface area contributed by atoms with Gasteiger partial charge in [-0.25, -0.2) is 0 Å². The van der Waals surface area contributed by atoms with Crippen molar-refractivity contribution in [3.8, 4) is 0 Å². The Balaban J connectivity index is 1.81. The Hall–Kier alpha value is -1.12. The zero-order valence-corrected chi connectivity index (χ0v) is 11.6. The van der Waals surface area contributed by atoms with Crippen LogP contribution in [0.4, 0.5) is 0 Å². The molecule has 0 radical (unpaired) electrons. The van der Waals surface area contributed by atoms with Crippen LogP contribution in [0.25, 0.3) is 0 Å². The van der Waals surface area contributed by atoms with E-state index in [9.17, 15) is 4.79 Å². The van der Waals surface area contributed by atoms with Crippen LogP contribution in [0.5, 0.6) is 0 Å². The molecule has 100 valence electrons. The Morgan fingerprint density at radius 1 is 1.44 bits per heavy atom. The second-order valence-corrected chi connectivity index (χ2v) is 5.86. The first-order valence-corrected chi connectivity index (χ1v) is 7.21. The molecule has 18 heavy (non-hydrogen) atoms. The van der Waals surface area contributed by atoms with Crippen LogP contribution in [0.2, 0.25) is 0 Å². The summed E-state index contributed by atoms with van der Waals surface area (Å²) in [6.45, 7) is 4.18. The number of ketones is 1. The number of carbonyl (C=O) groups excluding carboxylic acids is 1. The van der Waals surface area contributed by atoms with Gasteiger partial charge in [0.1, 0.15) is 5.78 Å². The Morgan fingerprint density at radius 3 is 2.83 bits per heavy atom. The third-order valence-electron chi connectivity index (χ3n) is 3.66. The maximum Gasteiger partial charge on any atom is 0.133 e. The van der Waals surface area contributed by atoms with E-state index >= 15 is 0 Å². The molecule has 1 aliphatic rings. The van der Waals surface area contributed by atoms with Crippen LogP contribution in [0.1, 0.15) is 64.1 Å². The number of nitrogens with zero attached hydrogens (tertiary/aromatic N) is 2. The molecule has 1 saturated carbocycles. The summed E-state index contributed by atoms with van der Waals surface area (Å²) in [6, 6.07) is 2.67. The van der Waals surface area contributed by atoms with Crippen LogP contribution in [0.15, 0.2) is 12.3 Å². The maximum atomic E-state index is 11.7. The average molecular weight is 248 g/mol. The van der Waals surface area contributed by atoms with Gasteiger partial charge in [0, 0.05) is 19.0 Å². The second kappa shape index (κ2) is 6.17. The molecule has 2 rings (SSSR count). The maximum absolute atomic E-state index is 11.7. The van der Waals surface area contributed by atoms with E-state index in [1.54, 1.807) is 0 Å². The van der Waals surface area contributed by atoms with Gasteiger partial charge in [-0.15, -0.1) is 0 Å². The van der Waals surface area contributed by atoms with Crippen molar-refractivity contribution in [2.24, 2.45) is 5.92 Å². The Kier molecular flexibility index (Phi) is 4.56. The molecule has 1 aromatic heterocycles. The Bertz CT molecular complexity index is 389. The molecule has 0 saturated heterocycles. The highest BCUT2D eigenvalue weighted by atomic mass is 16.1. The summed E-state index contributed by atoms with van der Waals surface area (Å²) in [5.74, 6) is 0.828. The van der Waals surface area contributed by atoms with Crippen LogP contribution >= 0.6 is 0 Å². The summed E-state index contributed by atoms with van der Waals surface area (Å²) in [5, 5.41) is 4.61. The number of aromatic nitrogens is 2. The van der Waals surface area contributed by atoms with Crippen LogP contribution in [-0.4, -0.2) is 15.6 Å². The van der Waals surface area contributed by atoms with Crippen molar-refractivity contribution >= 4 is 5.78 Å². The SMILES string of the molecule is CC(C)CC(=O)CCc1ccn(C2CCCC2)n1. The molecule has 0 aliphatic heterocycles. The Morgan fingerprint density at radius 2 is 2.17 bits per heavy atom. The average Bonchev–Trinajstić information content (AvgIpc) is 2.96. The van der Waals surface area contributed by atoms with Gasteiger partial charge in [0.05, 0.1) is 11.7 Å². The molecule has 0 spiro atoms. The van der Waals surface area contributed by atoms with Crippen LogP contribution in [-0.2, 0) is 11.2 Å². The van der Waals surface area contributed by atoms with Gasteiger partial charge in [-0.05, 0) is 31.2 Å². The van der Waals surface area contributed by atoms with Crippen molar-refractivity contribution < 1.29 is 4.79 Å². The van der Waals surface area contributed by atoms with Crippen LogP contribution < -0.4 is 0 Å². The van der Waals surface area contributed by atoms with Gasteiger partial charge >= 0.3 is 0 Å². The lowest BCUT2D eigenvalue weighted by Crippen LogP contribution is -2.07. The fourth-order valence-corrected chi connectivity index (χ4v) is 2.71. The fourth-order valence-electron chi connectivity index (χ4n) is 2.71. The summed E-state index contributed by atoms with van der Waals surface area (Å²) in [4.78, 5) is 11.7. The minimum atomic E-state index is 0.361. The fraction of sp³-hybridized carbons (Fsp3) is 0.733. The molecule has 1 heterocycles. The molecule has 3 nitrogen and oxygen atoms in total. The van der Waals surface area contributed by atoms with Crippen molar-refractivity contribution in [2.45, 2.75) is 64.8 Å². The van der Waals surface area contributed by atoms with E-state index in [-0.39, 0.29) is 0 Å². The molecule has 1 aliphatic carbocycles. The first-order valence-electron chi connectivity index (χ1n) is 7.21. The Labute approximate surface area is 110 Å². The van der Waals surface area contributed by atoms with Crippen LogP contribution in [0.3, 0.4) is 0 Å². The largest absolute Gasteiger partial charge is 0.300 e. The van der Waals surface area contributed by atoms with Gasteiger partial charge < -0.3 is 0 Å². The van der Waals surface area contributed by atoms with Crippen molar-refractivity contribution in [2.75, 3.05) is 0 Å². The predicted molar refractivity (Wildman–Crippen MR) is 72.5 cm³/mol. The highest BCUT2D eigenvalue weighted by molar-refractivity contribution is 5.78. The standard InChI is InChI=1S/C15H24N2O/c1-12(2)11-15(18)8-7-13-9-10-17(16-13)14-5-3-4-6-14/h9-10,12,14H,3-8,11H2,1-2H3. The van der Waals surface area contributed by atoms with Crippen molar-refractivity contribution in [3.05, 3.63) is 18.0 Å². The van der Waals surface area contributed by atoms with Gasteiger partial charge in [-0.1, -0.05) is 26.7 Å². The number of carbonyl (C=O) groups is 1. The minimum absolute atomic E-state index is 0.361. The lowest BCUT2D eigenvalue weighted by Gasteiger charge is -2.08. The number of Topliss-reactive ketones (excluding diaryl/α,β-unsaturated/α-hetero) is 1. The normalized spacial score (nSPS) is 16.6. The lowest BCUT2D eigenvalue weighted by atomic mass is 10.0. The minimum Gasteiger partial charge on any atom is -0.300 e. The number of hydrogen-bond acceptors (Lipinski definition) is 2. The number of hydrogen-bond donors (Lipinski definition) is 0. The smallest absolute Gasteiger partial charge is 0.133 e. The highest BCUT2D eigenvalue weighted by Gasteiger charge is 2.17. The van der Waals surface area contributed by atoms with Crippen LogP contribution in [0, 0.1) is 5.92 Å². The summed E-state index contributed by atoms with van der Waals surface area (Å²) in [6.07, 6.45) is 9.38. The topological polar surface area (TPSA) is 34.9 Å². The number of aryl methyl sites for hydroxylation is 1. The summed E-state index contributed by atoms with van der Waals surface area (Å²) >= 11 is 0. The van der Waals surface area contributed by atoms with E-state index in [1.165, 1.54) is 25.7 Å². The summed E-state index contributed by atoms with van der Waals surface area (Å²) in [7, 11) is 0. The molecule has 1 fully saturated rings. The van der Waals surface area contributed by atoms with Crippen molar-refractivity contribution in [1.82, 2.24) is 9.78 Å². The van der Waals surface area contributed by atoms with Gasteiger partial charge in [0.25, 0.3) is 0 Å². The van der Waals surface area contributed by atoms with Crippen molar-refractivity contribution in [1.29, 1.82) is 0 Å². The van der Waals surface area contributed by atoms with E-state index < -0.39 is 0 Å². The third-order valence-corrected chi connectivity index (χ3v) is 3.66. The third kappa shape index (κ3) is 3.69. The van der Waals surface area contributed by atoms with E-state index in [0.29, 0.717) is 30.6 Å². The van der Waals surface area contributed by atoms with E-state index in [1.807, 2.05) is 0 Å². The first-order chi connectivity index (χ1) is 8.65. The molecule has 0 aromatic carbocycles. The quantitative estimate of drug-likeness (QED) is 0.771. The number of rotatable bonds is 6. The summed E-state index contributed by atoms with van der Waals surface area (Å²) < 4.78 is 2.11. The summed E-state index contributed by atoms with van der Waals surface area (Å²) in [5.41, 5.74) is 1.07. The molecule has 0 amide bonds. The molecule has 3 heteroatoms. The second-order valence-electron chi connectivity index (χ2n) is 5.86. The van der Waals surface area contributed by atoms with Gasteiger partial charge in [0.15, 0.2) is 0 Å². The molecule has 0 atom stereocenters. The zero-order chi connectivity index (χ0) is 13.0. The predicted octanol–water partition coefficient (Wildman–Crippen LogP) is 3.55. The molecule has 0 unspecified atom stereocenters. The molecular formula is C15H24N2O. The van der Waals surface area contributed by atoms with E-state index in [0.717, 1.165) is 12.1 Å². The first kappa shape index (κ1) is 13.3. The molecule has 0 bridgehead atoms. The molecular weight excluding hydrogens is 224 g/mol. The van der Waals surface area contributed by atoms with Crippen molar-refractivity contribution in [3.63, 3.8) is 0 Å². The van der Waals surface area contributed by atoms with Gasteiger partial charge in [-0.2, -0.15) is 5.10 Å². The highest BCUT2D eigenvalue weighted by Crippen LogP contribution is 2.28. The van der Waals surface area contributed by atoms with E-state index in [2.05, 4.69) is 35.9 Å². The van der Waals surface area contributed by atoms with Gasteiger partial charge in [-0.3, -0.25) is 9.48 Å². The van der Waals surface area contributed by atoms with Gasteiger partial charge in [0.2, 0.25) is 0 Å². The lowest BCUT2D eigenvalue weighted by molar-refractivity contribution is -0.119. The monoisotopic (exact) mass is 248 g/mol.